The summed E-state index contributed by atoms with van der Waals surface area (Å²) in [5.41, 5.74) is 1.64. The van der Waals surface area contributed by atoms with Crippen molar-refractivity contribution in [2.45, 2.75) is 64.0 Å². The molecule has 19 heavy (non-hydrogen) atoms. The Morgan fingerprint density at radius 3 is 2.63 bits per heavy atom. The number of hydrogen-bond donors (Lipinski definition) is 1. The SMILES string of the molecule is C[C@@H](NC1CCC12CCCCC2)c1cccc(F)c1. The zero-order valence-electron chi connectivity index (χ0n) is 11.8. The molecular weight excluding hydrogens is 237 g/mol. The molecule has 1 spiro atoms. The molecule has 0 heterocycles. The molecule has 2 heteroatoms. The van der Waals surface area contributed by atoms with Crippen molar-refractivity contribution in [3.63, 3.8) is 0 Å². The molecule has 0 aromatic heterocycles. The van der Waals surface area contributed by atoms with E-state index in [-0.39, 0.29) is 11.9 Å². The lowest BCUT2D eigenvalue weighted by molar-refractivity contribution is 0.0174. The first-order chi connectivity index (χ1) is 9.20. The standard InChI is InChI=1S/C17H24FN/c1-13(14-6-5-7-15(18)12-14)19-16-8-11-17(16)9-3-2-4-10-17/h5-7,12-13,16,19H,2-4,8-11H2,1H3/t13-,16?/m1/s1. The molecule has 1 N–H and O–H groups in total. The van der Waals surface area contributed by atoms with Crippen molar-refractivity contribution >= 4 is 0 Å². The minimum Gasteiger partial charge on any atom is -0.307 e. The van der Waals surface area contributed by atoms with Crippen LogP contribution in [0.15, 0.2) is 24.3 Å². The van der Waals surface area contributed by atoms with Crippen molar-refractivity contribution < 1.29 is 4.39 Å². The third kappa shape index (κ3) is 2.55. The van der Waals surface area contributed by atoms with Crippen LogP contribution in [0.1, 0.15) is 63.5 Å². The zero-order chi connectivity index (χ0) is 13.3. The highest BCUT2D eigenvalue weighted by molar-refractivity contribution is 5.20. The Labute approximate surface area is 115 Å². The summed E-state index contributed by atoms with van der Waals surface area (Å²) in [7, 11) is 0. The third-order valence-corrected chi connectivity index (χ3v) is 5.32. The Bertz CT molecular complexity index is 437. The molecule has 2 saturated carbocycles. The van der Waals surface area contributed by atoms with E-state index in [4.69, 9.17) is 0 Å². The molecule has 0 bridgehead atoms. The van der Waals surface area contributed by atoms with Gasteiger partial charge in [0.05, 0.1) is 0 Å². The molecule has 104 valence electrons. The molecule has 2 fully saturated rings. The van der Waals surface area contributed by atoms with E-state index >= 15 is 0 Å². The fraction of sp³-hybridized carbons (Fsp3) is 0.647. The predicted molar refractivity (Wildman–Crippen MR) is 76.5 cm³/mol. The molecule has 0 amide bonds. The van der Waals surface area contributed by atoms with Crippen LogP contribution in [0, 0.1) is 11.2 Å². The molecule has 0 aliphatic heterocycles. The highest BCUT2D eigenvalue weighted by Crippen LogP contribution is 2.52. The van der Waals surface area contributed by atoms with Crippen molar-refractivity contribution in [3.05, 3.63) is 35.6 Å². The van der Waals surface area contributed by atoms with Gasteiger partial charge in [0.25, 0.3) is 0 Å². The summed E-state index contributed by atoms with van der Waals surface area (Å²) in [5.74, 6) is -0.132. The lowest BCUT2D eigenvalue weighted by Crippen LogP contribution is -2.54. The topological polar surface area (TPSA) is 12.0 Å². The number of hydrogen-bond acceptors (Lipinski definition) is 1. The van der Waals surface area contributed by atoms with Gasteiger partial charge in [0.1, 0.15) is 5.82 Å². The van der Waals surface area contributed by atoms with E-state index in [2.05, 4.69) is 12.2 Å². The van der Waals surface area contributed by atoms with E-state index in [1.54, 1.807) is 12.1 Å². The molecule has 0 saturated heterocycles. The quantitative estimate of drug-likeness (QED) is 0.839. The lowest BCUT2D eigenvalue weighted by atomic mass is 9.57. The van der Waals surface area contributed by atoms with Gasteiger partial charge in [-0.15, -0.1) is 0 Å². The second-order valence-corrected chi connectivity index (χ2v) is 6.46. The van der Waals surface area contributed by atoms with Crippen molar-refractivity contribution in [2.75, 3.05) is 0 Å². The van der Waals surface area contributed by atoms with Crippen LogP contribution in [0.25, 0.3) is 0 Å². The second-order valence-electron chi connectivity index (χ2n) is 6.46. The summed E-state index contributed by atoms with van der Waals surface area (Å²) >= 11 is 0. The van der Waals surface area contributed by atoms with Crippen LogP contribution in [0.4, 0.5) is 4.39 Å². The summed E-state index contributed by atoms with van der Waals surface area (Å²) in [6.45, 7) is 2.16. The van der Waals surface area contributed by atoms with Crippen LogP contribution in [0.2, 0.25) is 0 Å². The van der Waals surface area contributed by atoms with Crippen LogP contribution in [-0.4, -0.2) is 6.04 Å². The Morgan fingerprint density at radius 2 is 2.00 bits per heavy atom. The van der Waals surface area contributed by atoms with Gasteiger partial charge in [0.2, 0.25) is 0 Å². The fourth-order valence-corrected chi connectivity index (χ4v) is 3.99. The van der Waals surface area contributed by atoms with Crippen LogP contribution in [0.3, 0.4) is 0 Å². The fourth-order valence-electron chi connectivity index (χ4n) is 3.99. The second kappa shape index (κ2) is 5.24. The summed E-state index contributed by atoms with van der Waals surface area (Å²) < 4.78 is 13.3. The molecule has 2 aliphatic rings. The van der Waals surface area contributed by atoms with Gasteiger partial charge in [-0.25, -0.2) is 4.39 Å². The van der Waals surface area contributed by atoms with Crippen molar-refractivity contribution in [3.8, 4) is 0 Å². The van der Waals surface area contributed by atoms with E-state index in [0.717, 1.165) is 5.56 Å². The minimum absolute atomic E-state index is 0.132. The maximum Gasteiger partial charge on any atom is 0.123 e. The minimum atomic E-state index is -0.132. The smallest absolute Gasteiger partial charge is 0.123 e. The largest absolute Gasteiger partial charge is 0.307 e. The summed E-state index contributed by atoms with van der Waals surface area (Å²) in [4.78, 5) is 0. The van der Waals surface area contributed by atoms with E-state index < -0.39 is 0 Å². The van der Waals surface area contributed by atoms with Crippen molar-refractivity contribution in [1.29, 1.82) is 0 Å². The van der Waals surface area contributed by atoms with Crippen LogP contribution < -0.4 is 5.32 Å². The molecule has 2 aliphatic carbocycles. The summed E-state index contributed by atoms with van der Waals surface area (Å²) in [6.07, 6.45) is 9.66. The van der Waals surface area contributed by atoms with Gasteiger partial charge in [0.15, 0.2) is 0 Å². The van der Waals surface area contributed by atoms with Gasteiger partial charge in [-0.05, 0) is 55.7 Å². The zero-order valence-corrected chi connectivity index (χ0v) is 11.8. The molecule has 1 aromatic rings. The van der Waals surface area contributed by atoms with E-state index in [1.165, 1.54) is 51.0 Å². The highest BCUT2D eigenvalue weighted by Gasteiger charge is 2.46. The third-order valence-electron chi connectivity index (χ3n) is 5.32. The molecular formula is C17H24FN. The number of nitrogens with one attached hydrogen (secondary N) is 1. The van der Waals surface area contributed by atoms with Crippen molar-refractivity contribution in [1.82, 2.24) is 5.32 Å². The van der Waals surface area contributed by atoms with Gasteiger partial charge in [-0.2, -0.15) is 0 Å². The maximum atomic E-state index is 13.3. The first kappa shape index (κ1) is 13.1. The molecule has 0 radical (unpaired) electrons. The first-order valence-corrected chi connectivity index (χ1v) is 7.71. The summed E-state index contributed by atoms with van der Waals surface area (Å²) in [6, 6.07) is 7.89. The number of rotatable bonds is 3. The van der Waals surface area contributed by atoms with Crippen LogP contribution in [-0.2, 0) is 0 Å². The van der Waals surface area contributed by atoms with Gasteiger partial charge in [0, 0.05) is 12.1 Å². The number of halogens is 1. The average Bonchev–Trinajstić information content (AvgIpc) is 2.44. The first-order valence-electron chi connectivity index (χ1n) is 7.71. The van der Waals surface area contributed by atoms with Gasteiger partial charge in [-0.1, -0.05) is 31.4 Å². The Kier molecular flexibility index (Phi) is 3.62. The normalized spacial score (nSPS) is 26.9. The maximum absolute atomic E-state index is 13.3. The van der Waals surface area contributed by atoms with Gasteiger partial charge in [-0.3, -0.25) is 0 Å². The molecule has 3 rings (SSSR count). The van der Waals surface area contributed by atoms with Crippen LogP contribution >= 0.6 is 0 Å². The number of benzene rings is 1. The van der Waals surface area contributed by atoms with Crippen molar-refractivity contribution in [2.24, 2.45) is 5.41 Å². The van der Waals surface area contributed by atoms with E-state index in [0.29, 0.717) is 11.5 Å². The van der Waals surface area contributed by atoms with E-state index in [1.807, 2.05) is 6.07 Å². The molecule has 2 atom stereocenters. The molecule has 1 nitrogen and oxygen atoms in total. The monoisotopic (exact) mass is 261 g/mol. The Hall–Kier alpha value is -0.890. The highest BCUT2D eigenvalue weighted by atomic mass is 19.1. The predicted octanol–water partition coefficient (Wildman–Crippen LogP) is 4.59. The lowest BCUT2D eigenvalue weighted by Gasteiger charge is -2.53. The molecule has 1 unspecified atom stereocenters. The van der Waals surface area contributed by atoms with Gasteiger partial charge >= 0.3 is 0 Å². The van der Waals surface area contributed by atoms with Crippen LogP contribution in [0.5, 0.6) is 0 Å². The Morgan fingerprint density at radius 1 is 1.21 bits per heavy atom. The van der Waals surface area contributed by atoms with Gasteiger partial charge < -0.3 is 5.32 Å². The summed E-state index contributed by atoms with van der Waals surface area (Å²) in [5, 5.41) is 3.75. The molecule has 1 aromatic carbocycles. The van der Waals surface area contributed by atoms with E-state index in [9.17, 15) is 4.39 Å². The average molecular weight is 261 g/mol. The Balaban J connectivity index is 1.65.